The minimum Gasteiger partial charge on any atom is -0.377 e. The number of benzene rings is 1. The number of rotatable bonds is 8. The number of carbonyl (C=O) groups is 1. The SMILES string of the molecule is Cc1cc([C@@H](C)Nc2ccc(Cl)nc2C(=O)NS(C)(=O)=O)c2nc(N3C[C@@H]4C(c5c(F)cnn5C5CC5)[C@@H]4C3)n(C)c(=O)c2c1. The lowest BCUT2D eigenvalue weighted by atomic mass is 10.0. The monoisotopic (exact) mass is 654 g/mol. The van der Waals surface area contributed by atoms with Crippen LogP contribution >= 0.6 is 11.6 Å². The summed E-state index contributed by atoms with van der Waals surface area (Å²) in [7, 11) is -2.13. The molecule has 4 aromatic rings. The second kappa shape index (κ2) is 10.5. The summed E-state index contributed by atoms with van der Waals surface area (Å²) in [5, 5.41) is 8.02. The van der Waals surface area contributed by atoms with Crippen LogP contribution < -0.4 is 20.5 Å². The third-order valence-corrected chi connectivity index (χ3v) is 9.76. The first kappa shape index (κ1) is 29.7. The van der Waals surface area contributed by atoms with Crippen molar-refractivity contribution in [3.8, 4) is 0 Å². The van der Waals surface area contributed by atoms with Gasteiger partial charge in [-0.3, -0.25) is 18.8 Å². The molecule has 7 rings (SSSR count). The van der Waals surface area contributed by atoms with Gasteiger partial charge in [0.15, 0.2) is 11.5 Å². The number of anilines is 2. The van der Waals surface area contributed by atoms with E-state index < -0.39 is 22.0 Å². The molecule has 12 nitrogen and oxygen atoms in total. The largest absolute Gasteiger partial charge is 0.377 e. The van der Waals surface area contributed by atoms with Gasteiger partial charge in [0.1, 0.15) is 5.15 Å². The summed E-state index contributed by atoms with van der Waals surface area (Å²) in [6.45, 7) is 5.05. The number of pyridine rings is 1. The molecular weight excluding hydrogens is 623 g/mol. The summed E-state index contributed by atoms with van der Waals surface area (Å²) >= 11 is 6.04. The lowest BCUT2D eigenvalue weighted by Crippen LogP contribution is -2.32. The van der Waals surface area contributed by atoms with E-state index in [2.05, 4.69) is 20.3 Å². The third-order valence-electron chi connectivity index (χ3n) is 9.00. The Balaban J connectivity index is 1.20. The average Bonchev–Trinajstić information content (AvgIpc) is 3.85. The van der Waals surface area contributed by atoms with Crippen LogP contribution in [0.4, 0.5) is 16.0 Å². The molecule has 1 saturated heterocycles. The summed E-state index contributed by atoms with van der Waals surface area (Å²) in [5.41, 5.74) is 2.67. The number of carbonyl (C=O) groups excluding carboxylic acids is 1. The van der Waals surface area contributed by atoms with Gasteiger partial charge in [-0.25, -0.2) is 27.5 Å². The summed E-state index contributed by atoms with van der Waals surface area (Å²) in [6, 6.07) is 6.59. The van der Waals surface area contributed by atoms with Crippen molar-refractivity contribution in [2.45, 2.75) is 44.7 Å². The Morgan fingerprint density at radius 1 is 1.16 bits per heavy atom. The van der Waals surface area contributed by atoms with E-state index in [4.69, 9.17) is 16.6 Å². The molecule has 2 aliphatic carbocycles. The maximum Gasteiger partial charge on any atom is 0.285 e. The first-order chi connectivity index (χ1) is 21.3. The average molecular weight is 655 g/mol. The van der Waals surface area contributed by atoms with Crippen LogP contribution in [0.2, 0.25) is 5.15 Å². The van der Waals surface area contributed by atoms with E-state index in [-0.39, 0.29) is 45.7 Å². The minimum absolute atomic E-state index is 0.0216. The Kier molecular flexibility index (Phi) is 6.93. The Bertz CT molecular complexity index is 2050. The smallest absolute Gasteiger partial charge is 0.285 e. The molecular formula is C30H32ClFN8O4S. The zero-order valence-corrected chi connectivity index (χ0v) is 26.7. The number of aryl methyl sites for hydroxylation is 1. The number of hydrogen-bond donors (Lipinski definition) is 2. The number of nitrogens with one attached hydrogen (secondary N) is 2. The highest BCUT2D eigenvalue weighted by atomic mass is 35.5. The third kappa shape index (κ3) is 5.33. The highest BCUT2D eigenvalue weighted by molar-refractivity contribution is 7.89. The van der Waals surface area contributed by atoms with Crippen molar-refractivity contribution in [3.05, 3.63) is 74.3 Å². The number of halogens is 2. The van der Waals surface area contributed by atoms with Gasteiger partial charge in [0.05, 0.1) is 46.8 Å². The molecule has 1 amide bonds. The molecule has 3 aliphatic rings. The molecule has 0 spiro atoms. The number of fused-ring (bicyclic) bond motifs is 2. The van der Waals surface area contributed by atoms with Crippen molar-refractivity contribution >= 4 is 50.1 Å². The van der Waals surface area contributed by atoms with Gasteiger partial charge in [-0.1, -0.05) is 17.7 Å². The van der Waals surface area contributed by atoms with Crippen molar-refractivity contribution in [2.75, 3.05) is 29.6 Å². The molecule has 3 aromatic heterocycles. The molecule has 1 aliphatic heterocycles. The predicted octanol–water partition coefficient (Wildman–Crippen LogP) is 3.67. The summed E-state index contributed by atoms with van der Waals surface area (Å²) in [4.78, 5) is 37.6. The number of hydrogen-bond acceptors (Lipinski definition) is 9. The normalized spacial score (nSPS) is 21.6. The highest BCUT2D eigenvalue weighted by Gasteiger charge is 2.59. The van der Waals surface area contributed by atoms with E-state index in [0.29, 0.717) is 47.2 Å². The Morgan fingerprint density at radius 2 is 1.87 bits per heavy atom. The van der Waals surface area contributed by atoms with Gasteiger partial charge in [0, 0.05) is 31.6 Å². The molecule has 4 atom stereocenters. The van der Waals surface area contributed by atoms with E-state index in [1.165, 1.54) is 12.3 Å². The molecule has 2 N–H and O–H groups in total. The summed E-state index contributed by atoms with van der Waals surface area (Å²) < 4.78 is 43.6. The number of nitrogens with zero attached hydrogens (tertiary/aromatic N) is 6. The number of amides is 1. The van der Waals surface area contributed by atoms with Crippen LogP contribution in [0.25, 0.3) is 10.9 Å². The fourth-order valence-electron chi connectivity index (χ4n) is 6.77. The molecule has 2 saturated carbocycles. The van der Waals surface area contributed by atoms with Gasteiger partial charge < -0.3 is 10.2 Å². The first-order valence-electron chi connectivity index (χ1n) is 14.7. The Labute approximate surface area is 263 Å². The van der Waals surface area contributed by atoms with Crippen LogP contribution in [0.15, 0.2) is 35.3 Å². The van der Waals surface area contributed by atoms with Crippen molar-refractivity contribution in [1.29, 1.82) is 0 Å². The molecule has 3 fully saturated rings. The maximum atomic E-state index is 14.8. The molecule has 0 radical (unpaired) electrons. The fourth-order valence-corrected chi connectivity index (χ4v) is 7.36. The molecule has 1 aromatic carbocycles. The lowest BCUT2D eigenvalue weighted by Gasteiger charge is -2.25. The molecule has 0 bridgehead atoms. The van der Waals surface area contributed by atoms with Gasteiger partial charge >= 0.3 is 0 Å². The second-order valence-corrected chi connectivity index (χ2v) is 14.6. The zero-order chi connectivity index (χ0) is 31.9. The summed E-state index contributed by atoms with van der Waals surface area (Å²) in [6.07, 6.45) is 4.27. The van der Waals surface area contributed by atoms with Crippen molar-refractivity contribution in [1.82, 2.24) is 29.0 Å². The van der Waals surface area contributed by atoms with Gasteiger partial charge in [-0.2, -0.15) is 5.10 Å². The first-order valence-corrected chi connectivity index (χ1v) is 17.0. The number of piperidine rings is 1. The molecule has 45 heavy (non-hydrogen) atoms. The topological polar surface area (TPSA) is 144 Å². The maximum absolute atomic E-state index is 14.8. The van der Waals surface area contributed by atoms with E-state index >= 15 is 0 Å². The van der Waals surface area contributed by atoms with Crippen molar-refractivity contribution in [3.63, 3.8) is 0 Å². The number of aromatic nitrogens is 5. The quantitative estimate of drug-likeness (QED) is 0.272. The lowest BCUT2D eigenvalue weighted by molar-refractivity contribution is 0.0977. The molecule has 15 heteroatoms. The molecule has 4 heterocycles. The zero-order valence-electron chi connectivity index (χ0n) is 25.1. The van der Waals surface area contributed by atoms with Crippen LogP contribution in [-0.4, -0.2) is 58.0 Å². The molecule has 236 valence electrons. The predicted molar refractivity (Wildman–Crippen MR) is 168 cm³/mol. The van der Waals surface area contributed by atoms with Crippen LogP contribution in [-0.2, 0) is 17.1 Å². The van der Waals surface area contributed by atoms with Crippen molar-refractivity contribution < 1.29 is 17.6 Å². The summed E-state index contributed by atoms with van der Waals surface area (Å²) in [5.74, 6) is 0.00341. The van der Waals surface area contributed by atoms with Crippen LogP contribution in [0.5, 0.6) is 0 Å². The van der Waals surface area contributed by atoms with Crippen LogP contribution in [0.3, 0.4) is 0 Å². The van der Waals surface area contributed by atoms with Gasteiger partial charge in [0.2, 0.25) is 16.0 Å². The minimum atomic E-state index is -3.85. The Morgan fingerprint density at radius 3 is 2.53 bits per heavy atom. The standard InChI is InChI=1S/C30H32ClFN8O4S/c1-14-9-17(15(2)34-22-7-8-23(31)35-26(22)28(41)37-45(4,43)44)25-18(10-14)29(42)38(3)30(36-25)39-12-19-20(13-39)24(19)27-21(32)11-33-40(27)16-5-6-16/h7-11,15-16,19-20,24,34H,5-6,12-13H2,1-4H3,(H,37,41)/t15-,19-,20+,24?/m1/s1. The molecule has 1 unspecified atom stereocenters. The van der Waals surface area contributed by atoms with Crippen LogP contribution in [0.1, 0.15) is 65.1 Å². The van der Waals surface area contributed by atoms with Crippen molar-refractivity contribution in [2.24, 2.45) is 18.9 Å². The van der Waals surface area contributed by atoms with E-state index in [1.54, 1.807) is 23.7 Å². The van der Waals surface area contributed by atoms with Gasteiger partial charge in [-0.15, -0.1) is 0 Å². The number of sulfonamides is 1. The Hall–Kier alpha value is -4.04. The van der Waals surface area contributed by atoms with Crippen LogP contribution in [0, 0.1) is 24.6 Å². The second-order valence-electron chi connectivity index (χ2n) is 12.4. The van der Waals surface area contributed by atoms with E-state index in [1.807, 2.05) is 29.3 Å². The van der Waals surface area contributed by atoms with Gasteiger partial charge in [0.25, 0.3) is 11.5 Å². The highest BCUT2D eigenvalue weighted by Crippen LogP contribution is 2.60. The van der Waals surface area contributed by atoms with E-state index in [0.717, 1.165) is 24.7 Å². The van der Waals surface area contributed by atoms with E-state index in [9.17, 15) is 22.4 Å². The fraction of sp³-hybridized carbons (Fsp3) is 0.433. The van der Waals surface area contributed by atoms with Gasteiger partial charge in [-0.05, 0) is 62.3 Å².